The number of aryl methyl sites for hydroxylation is 1. The largest absolute Gasteiger partial charge is 0.508 e. The van der Waals surface area contributed by atoms with Crippen LogP contribution < -0.4 is 11.0 Å². The highest BCUT2D eigenvalue weighted by molar-refractivity contribution is 5.95. The topological polar surface area (TPSA) is 95.1 Å². The Kier molecular flexibility index (Phi) is 5.89. The molecule has 0 spiro atoms. The first-order chi connectivity index (χ1) is 14.9. The fourth-order valence-electron chi connectivity index (χ4n) is 4.08. The summed E-state index contributed by atoms with van der Waals surface area (Å²) in [6, 6.07) is 14.3. The quantitative estimate of drug-likeness (QED) is 0.585. The first kappa shape index (κ1) is 20.8. The van der Waals surface area contributed by atoms with Crippen LogP contribution in [-0.2, 0) is 0 Å². The minimum atomic E-state index is -0.468. The van der Waals surface area contributed by atoms with Crippen LogP contribution in [0.5, 0.6) is 5.75 Å². The van der Waals surface area contributed by atoms with Crippen LogP contribution >= 0.6 is 0 Å². The van der Waals surface area contributed by atoms with Crippen molar-refractivity contribution in [2.75, 3.05) is 0 Å². The molecule has 1 fully saturated rings. The predicted molar refractivity (Wildman–Crippen MR) is 121 cm³/mol. The van der Waals surface area contributed by atoms with Crippen LogP contribution in [0, 0.1) is 12.8 Å². The Balaban J connectivity index is 1.60. The number of hydrogen-bond donors (Lipinski definition) is 3. The number of aromatic amines is 1. The third kappa shape index (κ3) is 4.85. The number of phenolic OH excluding ortho intramolecular Hbond substituents is 1. The van der Waals surface area contributed by atoms with E-state index in [0.29, 0.717) is 28.1 Å². The van der Waals surface area contributed by atoms with Crippen molar-refractivity contribution in [1.29, 1.82) is 0 Å². The molecule has 1 aromatic heterocycles. The Bertz CT molecular complexity index is 1160. The van der Waals surface area contributed by atoms with Crippen molar-refractivity contribution in [3.05, 3.63) is 70.1 Å². The standard InChI is InChI=1S/C25H27N3O3/c1-15-6-9-20(10-7-15)26-24(30)19-5-3-4-17(13-19)21-14-22(28-25(31)27-21)18-8-11-23(29)16(2)12-18/h3-5,8,11-15,20,29H,6-7,9-10H2,1-2H3,(H,26,30)(H,27,28,31). The lowest BCUT2D eigenvalue weighted by molar-refractivity contribution is 0.0923. The zero-order valence-corrected chi connectivity index (χ0v) is 17.8. The van der Waals surface area contributed by atoms with Crippen molar-refractivity contribution in [2.45, 2.75) is 45.6 Å². The monoisotopic (exact) mass is 417 g/mol. The Morgan fingerprint density at radius 2 is 1.84 bits per heavy atom. The zero-order valence-electron chi connectivity index (χ0n) is 17.8. The molecule has 1 heterocycles. The highest BCUT2D eigenvalue weighted by atomic mass is 16.3. The number of aromatic nitrogens is 2. The van der Waals surface area contributed by atoms with E-state index in [1.807, 2.05) is 6.07 Å². The summed E-state index contributed by atoms with van der Waals surface area (Å²) in [7, 11) is 0. The molecule has 3 N–H and O–H groups in total. The summed E-state index contributed by atoms with van der Waals surface area (Å²) in [5, 5.41) is 12.9. The van der Waals surface area contributed by atoms with Crippen molar-refractivity contribution in [3.8, 4) is 28.3 Å². The van der Waals surface area contributed by atoms with E-state index in [1.54, 1.807) is 49.4 Å². The van der Waals surface area contributed by atoms with Crippen molar-refractivity contribution >= 4 is 5.91 Å². The summed E-state index contributed by atoms with van der Waals surface area (Å²) in [6.07, 6.45) is 4.30. The van der Waals surface area contributed by atoms with Gasteiger partial charge in [0.05, 0.1) is 11.4 Å². The number of carbonyl (C=O) groups excluding carboxylic acids is 1. The Labute approximate surface area is 181 Å². The fourth-order valence-corrected chi connectivity index (χ4v) is 4.08. The molecule has 31 heavy (non-hydrogen) atoms. The number of carbonyl (C=O) groups is 1. The van der Waals surface area contributed by atoms with Gasteiger partial charge in [0.1, 0.15) is 5.75 Å². The van der Waals surface area contributed by atoms with E-state index >= 15 is 0 Å². The number of amides is 1. The molecule has 1 saturated carbocycles. The van der Waals surface area contributed by atoms with E-state index in [0.717, 1.165) is 37.2 Å². The second kappa shape index (κ2) is 8.76. The van der Waals surface area contributed by atoms with Crippen LogP contribution in [0.1, 0.15) is 48.5 Å². The van der Waals surface area contributed by atoms with Crippen LogP contribution in [-0.4, -0.2) is 27.0 Å². The molecule has 0 saturated heterocycles. The zero-order chi connectivity index (χ0) is 22.0. The molecule has 2 aromatic carbocycles. The number of hydrogen-bond acceptors (Lipinski definition) is 4. The van der Waals surface area contributed by atoms with E-state index in [-0.39, 0.29) is 17.7 Å². The second-order valence-corrected chi connectivity index (χ2v) is 8.50. The maximum atomic E-state index is 12.8. The van der Waals surface area contributed by atoms with Gasteiger partial charge in [0.2, 0.25) is 0 Å². The molecule has 0 atom stereocenters. The molecule has 160 valence electrons. The summed E-state index contributed by atoms with van der Waals surface area (Å²) in [4.78, 5) is 31.9. The minimum absolute atomic E-state index is 0.0966. The van der Waals surface area contributed by atoms with Gasteiger partial charge in [-0.05, 0) is 86.1 Å². The van der Waals surface area contributed by atoms with E-state index in [2.05, 4.69) is 22.2 Å². The SMILES string of the molecule is Cc1cc(-c2cc(-c3cccc(C(=O)NC4CCC(C)CC4)c3)nc(=O)[nH]2)ccc1O. The van der Waals surface area contributed by atoms with Crippen LogP contribution in [0.25, 0.3) is 22.5 Å². The third-order valence-electron chi connectivity index (χ3n) is 6.02. The number of phenols is 1. The summed E-state index contributed by atoms with van der Waals surface area (Å²) in [5.41, 5.74) is 3.37. The average molecular weight is 418 g/mol. The van der Waals surface area contributed by atoms with Crippen molar-refractivity contribution in [3.63, 3.8) is 0 Å². The highest BCUT2D eigenvalue weighted by Gasteiger charge is 2.20. The van der Waals surface area contributed by atoms with E-state index in [4.69, 9.17) is 0 Å². The Hall–Kier alpha value is -3.41. The summed E-state index contributed by atoms with van der Waals surface area (Å²) in [6.45, 7) is 4.05. The van der Waals surface area contributed by atoms with Crippen LogP contribution in [0.2, 0.25) is 0 Å². The first-order valence-corrected chi connectivity index (χ1v) is 10.7. The van der Waals surface area contributed by atoms with Gasteiger partial charge < -0.3 is 15.4 Å². The van der Waals surface area contributed by atoms with Gasteiger partial charge in [-0.1, -0.05) is 19.1 Å². The van der Waals surface area contributed by atoms with Gasteiger partial charge in [0.15, 0.2) is 0 Å². The molecule has 4 rings (SSSR count). The third-order valence-corrected chi connectivity index (χ3v) is 6.02. The lowest BCUT2D eigenvalue weighted by atomic mass is 9.87. The lowest BCUT2D eigenvalue weighted by Crippen LogP contribution is -2.37. The number of benzene rings is 2. The second-order valence-electron chi connectivity index (χ2n) is 8.50. The van der Waals surface area contributed by atoms with Crippen LogP contribution in [0.4, 0.5) is 0 Å². The minimum Gasteiger partial charge on any atom is -0.508 e. The smallest absolute Gasteiger partial charge is 0.345 e. The molecule has 0 radical (unpaired) electrons. The Morgan fingerprint density at radius 1 is 1.06 bits per heavy atom. The van der Waals surface area contributed by atoms with Gasteiger partial charge in [-0.2, -0.15) is 4.98 Å². The summed E-state index contributed by atoms with van der Waals surface area (Å²) in [5.74, 6) is 0.831. The molecule has 0 unspecified atom stereocenters. The first-order valence-electron chi connectivity index (χ1n) is 10.7. The molecule has 0 bridgehead atoms. The van der Waals surface area contributed by atoms with Gasteiger partial charge in [0.25, 0.3) is 5.91 Å². The molecule has 0 aliphatic heterocycles. The molecule has 6 nitrogen and oxygen atoms in total. The highest BCUT2D eigenvalue weighted by Crippen LogP contribution is 2.27. The normalized spacial score (nSPS) is 18.5. The van der Waals surface area contributed by atoms with E-state index in [1.165, 1.54) is 0 Å². The van der Waals surface area contributed by atoms with Gasteiger partial charge in [0, 0.05) is 17.2 Å². The van der Waals surface area contributed by atoms with Crippen molar-refractivity contribution in [2.24, 2.45) is 5.92 Å². The number of rotatable bonds is 4. The van der Waals surface area contributed by atoms with Crippen LogP contribution in [0.15, 0.2) is 53.3 Å². The van der Waals surface area contributed by atoms with Crippen molar-refractivity contribution in [1.82, 2.24) is 15.3 Å². The number of H-pyrrole nitrogens is 1. The summed E-state index contributed by atoms with van der Waals surface area (Å²) >= 11 is 0. The van der Waals surface area contributed by atoms with E-state index < -0.39 is 5.69 Å². The molecular weight excluding hydrogens is 390 g/mol. The molecule has 1 amide bonds. The Morgan fingerprint density at radius 3 is 2.58 bits per heavy atom. The van der Waals surface area contributed by atoms with E-state index in [9.17, 15) is 14.7 Å². The molecular formula is C25H27N3O3. The number of nitrogens with zero attached hydrogens (tertiary/aromatic N) is 1. The van der Waals surface area contributed by atoms with Gasteiger partial charge in [-0.3, -0.25) is 4.79 Å². The fraction of sp³-hybridized carbons (Fsp3) is 0.320. The molecule has 1 aliphatic rings. The number of aromatic hydroxyl groups is 1. The maximum absolute atomic E-state index is 12.8. The average Bonchev–Trinajstić information content (AvgIpc) is 2.77. The number of nitrogens with one attached hydrogen (secondary N) is 2. The molecule has 6 heteroatoms. The van der Waals surface area contributed by atoms with Gasteiger partial charge >= 0.3 is 5.69 Å². The lowest BCUT2D eigenvalue weighted by Gasteiger charge is -2.26. The molecule has 1 aliphatic carbocycles. The van der Waals surface area contributed by atoms with Gasteiger partial charge in [-0.15, -0.1) is 0 Å². The molecule has 3 aromatic rings. The maximum Gasteiger partial charge on any atom is 0.345 e. The van der Waals surface area contributed by atoms with Crippen molar-refractivity contribution < 1.29 is 9.90 Å². The summed E-state index contributed by atoms with van der Waals surface area (Å²) < 4.78 is 0. The van der Waals surface area contributed by atoms with Crippen LogP contribution in [0.3, 0.4) is 0 Å². The van der Waals surface area contributed by atoms with Gasteiger partial charge in [-0.25, -0.2) is 4.79 Å². The predicted octanol–water partition coefficient (Wildman–Crippen LogP) is 4.43.